The van der Waals surface area contributed by atoms with Gasteiger partial charge in [-0.05, 0) is 30.9 Å². The van der Waals surface area contributed by atoms with Crippen LogP contribution < -0.4 is 4.90 Å². The van der Waals surface area contributed by atoms with E-state index in [0.29, 0.717) is 16.9 Å². The van der Waals surface area contributed by atoms with Gasteiger partial charge in [-0.15, -0.1) is 0 Å². The van der Waals surface area contributed by atoms with E-state index in [1.54, 1.807) is 6.20 Å². The van der Waals surface area contributed by atoms with Crippen LogP contribution in [0.15, 0.2) is 28.9 Å². The molecule has 0 spiro atoms. The Bertz CT molecular complexity index is 642. The lowest BCUT2D eigenvalue weighted by Gasteiger charge is -2.21. The largest absolute Gasteiger partial charge is 0.361 e. The third-order valence-corrected chi connectivity index (χ3v) is 4.88. The maximum absolute atomic E-state index is 5.91. The first-order valence-corrected chi connectivity index (χ1v) is 8.06. The van der Waals surface area contributed by atoms with Crippen molar-refractivity contribution in [2.24, 2.45) is 11.8 Å². The summed E-state index contributed by atoms with van der Waals surface area (Å²) in [4.78, 5) is 9.30. The fourth-order valence-electron chi connectivity index (χ4n) is 3.68. The molecule has 0 amide bonds. The molecule has 0 saturated carbocycles. The molecule has 0 radical (unpaired) electrons. The van der Waals surface area contributed by atoms with E-state index in [9.17, 15) is 0 Å². The van der Waals surface area contributed by atoms with E-state index >= 15 is 0 Å². The van der Waals surface area contributed by atoms with Gasteiger partial charge in [-0.2, -0.15) is 0 Å². The van der Waals surface area contributed by atoms with Crippen molar-refractivity contribution in [3.05, 3.63) is 40.9 Å². The van der Waals surface area contributed by atoms with Crippen molar-refractivity contribution < 1.29 is 4.52 Å². The van der Waals surface area contributed by atoms with Gasteiger partial charge in [0.15, 0.2) is 0 Å². The quantitative estimate of drug-likeness (QED) is 0.870. The predicted octanol–water partition coefficient (Wildman–Crippen LogP) is 2.60. The van der Waals surface area contributed by atoms with Gasteiger partial charge in [0.2, 0.25) is 0 Å². The maximum Gasteiger partial charge on any atom is 0.133 e. The van der Waals surface area contributed by atoms with E-state index in [2.05, 4.69) is 19.9 Å². The summed E-state index contributed by atoms with van der Waals surface area (Å²) in [7, 11) is 0. The fraction of sp³-hybridized carbons (Fsp3) is 0.500. The summed E-state index contributed by atoms with van der Waals surface area (Å²) >= 11 is 5.91. The number of nitrogens with zero attached hydrogens (tertiary/aromatic N) is 4. The molecule has 2 saturated heterocycles. The number of aromatic nitrogens is 2. The Morgan fingerprint density at radius 2 is 2.00 bits per heavy atom. The molecule has 0 N–H and O–H groups in total. The van der Waals surface area contributed by atoms with Crippen LogP contribution in [0.5, 0.6) is 0 Å². The molecule has 22 heavy (non-hydrogen) atoms. The van der Waals surface area contributed by atoms with Crippen molar-refractivity contribution in [2.75, 3.05) is 31.1 Å². The number of fused-ring (bicyclic) bond motifs is 1. The van der Waals surface area contributed by atoms with E-state index in [4.69, 9.17) is 16.1 Å². The monoisotopic (exact) mass is 318 g/mol. The normalized spacial score (nSPS) is 24.9. The molecule has 2 aromatic heterocycles. The number of rotatable bonds is 3. The van der Waals surface area contributed by atoms with E-state index < -0.39 is 0 Å². The highest BCUT2D eigenvalue weighted by molar-refractivity contribution is 6.30. The van der Waals surface area contributed by atoms with E-state index in [1.807, 2.05) is 25.1 Å². The molecule has 0 bridgehead atoms. The topological polar surface area (TPSA) is 45.4 Å². The highest BCUT2D eigenvalue weighted by atomic mass is 35.5. The summed E-state index contributed by atoms with van der Waals surface area (Å²) in [5, 5.41) is 4.79. The third kappa shape index (κ3) is 2.71. The zero-order valence-corrected chi connectivity index (χ0v) is 13.3. The Morgan fingerprint density at radius 1 is 1.23 bits per heavy atom. The summed E-state index contributed by atoms with van der Waals surface area (Å²) in [5.74, 6) is 3.35. The Labute approximate surface area is 134 Å². The van der Waals surface area contributed by atoms with Crippen molar-refractivity contribution in [2.45, 2.75) is 13.5 Å². The number of pyridine rings is 1. The van der Waals surface area contributed by atoms with Gasteiger partial charge in [0.05, 0.1) is 10.7 Å². The predicted molar refractivity (Wildman–Crippen MR) is 85.0 cm³/mol. The maximum atomic E-state index is 5.91. The lowest BCUT2D eigenvalue weighted by molar-refractivity contribution is 0.294. The van der Waals surface area contributed by atoms with Gasteiger partial charge < -0.3 is 9.42 Å². The molecule has 6 heteroatoms. The smallest absolute Gasteiger partial charge is 0.133 e. The standard InChI is InChI=1S/C16H19ClN4O/c1-11-4-15(19-22-11)10-20-6-12-8-21(9-13(12)7-20)16-3-2-14(17)5-18-16/h2-5,12-13H,6-10H2,1H3. The SMILES string of the molecule is Cc1cc(CN2CC3CN(c4ccc(Cl)cn4)CC3C2)no1. The molecule has 0 aliphatic carbocycles. The van der Waals surface area contributed by atoms with Crippen molar-refractivity contribution in [3.63, 3.8) is 0 Å². The van der Waals surface area contributed by atoms with Crippen molar-refractivity contribution >= 4 is 17.4 Å². The molecule has 2 aliphatic heterocycles. The number of aryl methyl sites for hydroxylation is 1. The minimum Gasteiger partial charge on any atom is -0.361 e. The molecule has 2 fully saturated rings. The van der Waals surface area contributed by atoms with Gasteiger partial charge >= 0.3 is 0 Å². The van der Waals surface area contributed by atoms with Crippen molar-refractivity contribution in [1.82, 2.24) is 15.0 Å². The third-order valence-electron chi connectivity index (χ3n) is 4.66. The number of halogens is 1. The molecule has 2 aliphatic rings. The fourth-order valence-corrected chi connectivity index (χ4v) is 3.79. The van der Waals surface area contributed by atoms with Crippen LogP contribution in [0.25, 0.3) is 0 Å². The molecule has 116 valence electrons. The van der Waals surface area contributed by atoms with Gasteiger partial charge in [-0.3, -0.25) is 4.90 Å². The summed E-state index contributed by atoms with van der Waals surface area (Å²) in [5.41, 5.74) is 1.04. The highest BCUT2D eigenvalue weighted by Crippen LogP contribution is 2.34. The van der Waals surface area contributed by atoms with Gasteiger partial charge in [-0.1, -0.05) is 16.8 Å². The summed E-state index contributed by atoms with van der Waals surface area (Å²) in [6.07, 6.45) is 1.73. The van der Waals surface area contributed by atoms with Crippen LogP contribution in [-0.2, 0) is 6.54 Å². The Hall–Kier alpha value is -1.59. The molecule has 4 heterocycles. The van der Waals surface area contributed by atoms with Crippen LogP contribution in [0.2, 0.25) is 5.02 Å². The second-order valence-electron chi connectivity index (χ2n) is 6.38. The first-order valence-electron chi connectivity index (χ1n) is 7.68. The number of hydrogen-bond donors (Lipinski definition) is 0. The summed E-state index contributed by atoms with van der Waals surface area (Å²) in [6.45, 7) is 7.23. The van der Waals surface area contributed by atoms with Crippen molar-refractivity contribution in [1.29, 1.82) is 0 Å². The number of anilines is 1. The first kappa shape index (κ1) is 14.0. The van der Waals surface area contributed by atoms with Gasteiger partial charge in [0, 0.05) is 45.0 Å². The molecule has 5 nitrogen and oxygen atoms in total. The van der Waals surface area contributed by atoms with Crippen LogP contribution in [0.3, 0.4) is 0 Å². The zero-order chi connectivity index (χ0) is 15.1. The average molecular weight is 319 g/mol. The summed E-state index contributed by atoms with van der Waals surface area (Å²) in [6, 6.07) is 5.95. The van der Waals surface area contributed by atoms with Crippen LogP contribution in [0.4, 0.5) is 5.82 Å². The van der Waals surface area contributed by atoms with E-state index in [-0.39, 0.29) is 0 Å². The van der Waals surface area contributed by atoms with E-state index in [0.717, 1.165) is 50.0 Å². The van der Waals surface area contributed by atoms with Crippen LogP contribution >= 0.6 is 11.6 Å². The molecular weight excluding hydrogens is 300 g/mol. The van der Waals surface area contributed by atoms with Crippen LogP contribution in [0.1, 0.15) is 11.5 Å². The minimum absolute atomic E-state index is 0.692. The van der Waals surface area contributed by atoms with Gasteiger partial charge in [0.25, 0.3) is 0 Å². The Balaban J connectivity index is 1.37. The Morgan fingerprint density at radius 3 is 2.59 bits per heavy atom. The molecule has 2 unspecified atom stereocenters. The first-order chi connectivity index (χ1) is 10.7. The second kappa shape index (κ2) is 5.56. The summed E-state index contributed by atoms with van der Waals surface area (Å²) < 4.78 is 5.15. The minimum atomic E-state index is 0.692. The second-order valence-corrected chi connectivity index (χ2v) is 6.82. The van der Waals surface area contributed by atoms with Crippen molar-refractivity contribution in [3.8, 4) is 0 Å². The molecule has 2 aromatic rings. The average Bonchev–Trinajstić information content (AvgIpc) is 3.15. The lowest BCUT2D eigenvalue weighted by Crippen LogP contribution is -2.29. The van der Waals surface area contributed by atoms with E-state index in [1.165, 1.54) is 0 Å². The lowest BCUT2D eigenvalue weighted by atomic mass is 10.0. The molecular formula is C16H19ClN4O. The van der Waals surface area contributed by atoms with Gasteiger partial charge in [-0.25, -0.2) is 4.98 Å². The number of likely N-dealkylation sites (tertiary alicyclic amines) is 1. The highest BCUT2D eigenvalue weighted by Gasteiger charge is 2.40. The molecule has 2 atom stereocenters. The zero-order valence-electron chi connectivity index (χ0n) is 12.6. The Kier molecular flexibility index (Phi) is 3.54. The van der Waals surface area contributed by atoms with Crippen LogP contribution in [-0.4, -0.2) is 41.2 Å². The number of hydrogen-bond acceptors (Lipinski definition) is 5. The molecule has 0 aromatic carbocycles. The molecule has 4 rings (SSSR count). The van der Waals surface area contributed by atoms with Gasteiger partial charge in [0.1, 0.15) is 11.6 Å². The van der Waals surface area contributed by atoms with Crippen LogP contribution in [0, 0.1) is 18.8 Å².